The highest BCUT2D eigenvalue weighted by atomic mass is 14.5. The fourth-order valence-electron chi connectivity index (χ4n) is 4.74. The highest BCUT2D eigenvalue weighted by Gasteiger charge is 2.43. The molecule has 19 heavy (non-hydrogen) atoms. The summed E-state index contributed by atoms with van der Waals surface area (Å²) in [6, 6.07) is 0. The van der Waals surface area contributed by atoms with Crippen molar-refractivity contribution in [2.45, 2.75) is 86.5 Å². The Kier molecular flexibility index (Phi) is 4.38. The van der Waals surface area contributed by atoms with E-state index in [-0.39, 0.29) is 0 Å². The second kappa shape index (κ2) is 5.41. The molecular weight excluding hydrogens is 228 g/mol. The van der Waals surface area contributed by atoms with E-state index in [0.29, 0.717) is 10.8 Å². The largest absolute Gasteiger partial charge is 0.0623 e. The molecule has 0 heterocycles. The molecule has 2 fully saturated rings. The van der Waals surface area contributed by atoms with Crippen LogP contribution in [0.25, 0.3) is 0 Å². The van der Waals surface area contributed by atoms with Gasteiger partial charge in [0, 0.05) is 0 Å². The lowest BCUT2D eigenvalue weighted by atomic mass is 9.59. The predicted octanol–water partition coefficient (Wildman–Crippen LogP) is 6.30. The minimum Gasteiger partial charge on any atom is -0.0623 e. The van der Waals surface area contributed by atoms with E-state index in [4.69, 9.17) is 0 Å². The van der Waals surface area contributed by atoms with Crippen LogP contribution in [-0.4, -0.2) is 0 Å². The molecule has 0 amide bonds. The lowest BCUT2D eigenvalue weighted by molar-refractivity contribution is 0.0393. The van der Waals surface area contributed by atoms with Crippen LogP contribution in [0.4, 0.5) is 0 Å². The van der Waals surface area contributed by atoms with Gasteiger partial charge in [0.1, 0.15) is 0 Å². The zero-order valence-electron chi connectivity index (χ0n) is 14.3. The third-order valence-corrected chi connectivity index (χ3v) is 7.32. The molecule has 4 unspecified atom stereocenters. The van der Waals surface area contributed by atoms with Crippen molar-refractivity contribution in [2.75, 3.05) is 0 Å². The van der Waals surface area contributed by atoms with Gasteiger partial charge >= 0.3 is 0 Å². The Morgan fingerprint density at radius 1 is 0.737 bits per heavy atom. The van der Waals surface area contributed by atoms with E-state index in [9.17, 15) is 0 Å². The van der Waals surface area contributed by atoms with Gasteiger partial charge in [-0.2, -0.15) is 0 Å². The molecule has 2 aliphatic carbocycles. The topological polar surface area (TPSA) is 0 Å². The summed E-state index contributed by atoms with van der Waals surface area (Å²) in [5.74, 6) is 3.77. The third kappa shape index (κ3) is 3.03. The summed E-state index contributed by atoms with van der Waals surface area (Å²) >= 11 is 0. The lowest BCUT2D eigenvalue weighted by Gasteiger charge is -2.46. The first kappa shape index (κ1) is 15.4. The van der Waals surface area contributed by atoms with Crippen LogP contribution in [0.15, 0.2) is 0 Å². The minimum atomic E-state index is 0.616. The maximum atomic E-state index is 2.57. The smallest absolute Gasteiger partial charge is 0.0300 e. The standard InChI is InChI=1S/C19H36/c1-14(2)18(5)10-7-8-16-12-19(6,15(3)4)11-9-17(16)13-18/h14-17H,7-13H2,1-6H3. The molecule has 0 bridgehead atoms. The molecule has 0 aromatic rings. The van der Waals surface area contributed by atoms with Crippen LogP contribution in [0, 0.1) is 34.5 Å². The van der Waals surface area contributed by atoms with E-state index < -0.39 is 0 Å². The quantitative estimate of drug-likeness (QED) is 0.549. The van der Waals surface area contributed by atoms with Gasteiger partial charge in [-0.15, -0.1) is 0 Å². The van der Waals surface area contributed by atoms with Gasteiger partial charge in [-0.1, -0.05) is 54.4 Å². The summed E-state index contributed by atoms with van der Waals surface area (Å²) in [7, 11) is 0. The SMILES string of the molecule is CC(C)C1(C)CCCC2CC(C)(C(C)C)CCC2C1. The summed E-state index contributed by atoms with van der Waals surface area (Å²) in [5.41, 5.74) is 1.24. The lowest BCUT2D eigenvalue weighted by Crippen LogP contribution is -2.36. The molecule has 112 valence electrons. The van der Waals surface area contributed by atoms with Crippen molar-refractivity contribution in [3.8, 4) is 0 Å². The van der Waals surface area contributed by atoms with Crippen molar-refractivity contribution < 1.29 is 0 Å². The molecule has 2 saturated carbocycles. The normalized spacial score (nSPS) is 44.2. The minimum absolute atomic E-state index is 0.616. The molecule has 0 radical (unpaired) electrons. The molecule has 4 atom stereocenters. The number of rotatable bonds is 2. The zero-order chi connectivity index (χ0) is 14.3. The van der Waals surface area contributed by atoms with Crippen molar-refractivity contribution in [3.05, 3.63) is 0 Å². The fraction of sp³-hybridized carbons (Fsp3) is 1.00. The second-order valence-corrected chi connectivity index (χ2v) is 8.98. The summed E-state index contributed by atoms with van der Waals surface area (Å²) in [6.07, 6.45) is 10.4. The average molecular weight is 264 g/mol. The first-order chi connectivity index (χ1) is 8.77. The monoisotopic (exact) mass is 264 g/mol. The van der Waals surface area contributed by atoms with Crippen molar-refractivity contribution in [3.63, 3.8) is 0 Å². The maximum Gasteiger partial charge on any atom is -0.0300 e. The van der Waals surface area contributed by atoms with E-state index in [1.807, 2.05) is 0 Å². The van der Waals surface area contributed by atoms with Gasteiger partial charge in [0.2, 0.25) is 0 Å². The van der Waals surface area contributed by atoms with Crippen LogP contribution in [0.5, 0.6) is 0 Å². The Labute approximate surface area is 121 Å². The molecule has 0 aromatic carbocycles. The Balaban J connectivity index is 2.10. The molecule has 2 rings (SSSR count). The first-order valence-electron chi connectivity index (χ1n) is 8.77. The molecular formula is C19H36. The van der Waals surface area contributed by atoms with Crippen LogP contribution in [0.1, 0.15) is 86.5 Å². The second-order valence-electron chi connectivity index (χ2n) is 8.98. The van der Waals surface area contributed by atoms with E-state index >= 15 is 0 Å². The molecule has 0 aliphatic heterocycles. The van der Waals surface area contributed by atoms with Gasteiger partial charge < -0.3 is 0 Å². The Morgan fingerprint density at radius 3 is 1.74 bits per heavy atom. The van der Waals surface area contributed by atoms with Crippen LogP contribution < -0.4 is 0 Å². The Morgan fingerprint density at radius 2 is 1.21 bits per heavy atom. The number of fused-ring (bicyclic) bond motifs is 1. The van der Waals surface area contributed by atoms with Gasteiger partial charge in [-0.25, -0.2) is 0 Å². The van der Waals surface area contributed by atoms with E-state index in [2.05, 4.69) is 41.5 Å². The van der Waals surface area contributed by atoms with Crippen LogP contribution in [0.2, 0.25) is 0 Å². The van der Waals surface area contributed by atoms with Crippen LogP contribution in [0.3, 0.4) is 0 Å². The van der Waals surface area contributed by atoms with Gasteiger partial charge in [0.25, 0.3) is 0 Å². The highest BCUT2D eigenvalue weighted by Crippen LogP contribution is 2.54. The molecule has 0 saturated heterocycles. The summed E-state index contributed by atoms with van der Waals surface area (Å²) in [4.78, 5) is 0. The first-order valence-corrected chi connectivity index (χ1v) is 8.77. The van der Waals surface area contributed by atoms with Gasteiger partial charge in [0.05, 0.1) is 0 Å². The Hall–Kier alpha value is 0. The highest BCUT2D eigenvalue weighted by molar-refractivity contribution is 4.94. The molecule has 0 aromatic heterocycles. The molecule has 0 N–H and O–H groups in total. The van der Waals surface area contributed by atoms with Gasteiger partial charge in [-0.3, -0.25) is 0 Å². The predicted molar refractivity (Wildman–Crippen MR) is 85.2 cm³/mol. The van der Waals surface area contributed by atoms with Crippen LogP contribution in [-0.2, 0) is 0 Å². The zero-order valence-corrected chi connectivity index (χ0v) is 14.3. The van der Waals surface area contributed by atoms with E-state index in [1.165, 1.54) is 44.9 Å². The molecule has 0 spiro atoms. The summed E-state index contributed by atoms with van der Waals surface area (Å²) in [5, 5.41) is 0. The molecule has 0 nitrogen and oxygen atoms in total. The van der Waals surface area contributed by atoms with Crippen molar-refractivity contribution >= 4 is 0 Å². The molecule has 2 aliphatic rings. The average Bonchev–Trinajstić information content (AvgIpc) is 2.48. The van der Waals surface area contributed by atoms with E-state index in [0.717, 1.165) is 23.7 Å². The third-order valence-electron chi connectivity index (χ3n) is 7.32. The van der Waals surface area contributed by atoms with E-state index in [1.54, 1.807) is 0 Å². The van der Waals surface area contributed by atoms with Gasteiger partial charge in [-0.05, 0) is 66.6 Å². The van der Waals surface area contributed by atoms with Crippen molar-refractivity contribution in [1.82, 2.24) is 0 Å². The Bertz CT molecular complexity index is 303. The maximum absolute atomic E-state index is 2.57. The fourth-order valence-corrected chi connectivity index (χ4v) is 4.74. The number of hydrogen-bond donors (Lipinski definition) is 0. The molecule has 0 heteroatoms. The summed E-state index contributed by atoms with van der Waals surface area (Å²) < 4.78 is 0. The van der Waals surface area contributed by atoms with Gasteiger partial charge in [0.15, 0.2) is 0 Å². The summed E-state index contributed by atoms with van der Waals surface area (Å²) in [6.45, 7) is 14.9. The van der Waals surface area contributed by atoms with Crippen molar-refractivity contribution in [2.24, 2.45) is 34.5 Å². The van der Waals surface area contributed by atoms with Crippen LogP contribution >= 0.6 is 0 Å². The van der Waals surface area contributed by atoms with Crippen molar-refractivity contribution in [1.29, 1.82) is 0 Å². The number of hydrogen-bond acceptors (Lipinski definition) is 0.